The lowest BCUT2D eigenvalue weighted by Gasteiger charge is -2.32. The van der Waals surface area contributed by atoms with Crippen molar-refractivity contribution < 1.29 is 14.0 Å². The number of nitrogens with zero attached hydrogens (tertiary/aromatic N) is 5. The van der Waals surface area contributed by atoms with Gasteiger partial charge in [0.05, 0.1) is 18.3 Å². The molecule has 9 heteroatoms. The molecule has 1 unspecified atom stereocenters. The Hall–Kier alpha value is -4.79. The zero-order valence-corrected chi connectivity index (χ0v) is 20.3. The first-order valence-electron chi connectivity index (χ1n) is 12.0. The maximum atomic E-state index is 14.1. The number of benzene rings is 2. The van der Waals surface area contributed by atoms with Gasteiger partial charge in [0.15, 0.2) is 0 Å². The van der Waals surface area contributed by atoms with E-state index in [0.29, 0.717) is 28.9 Å². The number of carbonyl (C=O) groups excluding carboxylic acids is 2. The fraction of sp³-hybridized carbons (Fsp3) is 0.179. The number of carbonyl (C=O) groups is 2. The standard InChI is InChI=1S/C28H26N6O3/c1-2-20-9-3-5-13-24(20)34(26(35)19-33-25-14-6-4-12-23(25)31-32-33)27(21-10-7-15-29-17-21)28(36)30-18-22-11-8-16-37-22/h3-17,27H,2,18-19H2,1H3,(H,30,36). The molecule has 0 radical (unpaired) electrons. The highest BCUT2D eigenvalue weighted by Gasteiger charge is 2.34. The van der Waals surface area contributed by atoms with Crippen LogP contribution in [0.15, 0.2) is 95.9 Å². The fourth-order valence-electron chi connectivity index (χ4n) is 4.34. The van der Waals surface area contributed by atoms with Gasteiger partial charge < -0.3 is 9.73 Å². The smallest absolute Gasteiger partial charge is 0.249 e. The molecule has 0 aliphatic heterocycles. The number of rotatable bonds is 9. The molecule has 3 heterocycles. The summed E-state index contributed by atoms with van der Waals surface area (Å²) in [5.41, 5.74) is 3.60. The van der Waals surface area contributed by atoms with E-state index in [1.165, 1.54) is 0 Å². The number of hydrogen-bond donors (Lipinski definition) is 1. The van der Waals surface area contributed by atoms with Gasteiger partial charge in [-0.3, -0.25) is 19.5 Å². The van der Waals surface area contributed by atoms with Crippen molar-refractivity contribution in [2.75, 3.05) is 4.90 Å². The van der Waals surface area contributed by atoms with E-state index in [4.69, 9.17) is 4.42 Å². The van der Waals surface area contributed by atoms with Crippen LogP contribution in [-0.2, 0) is 29.1 Å². The van der Waals surface area contributed by atoms with E-state index in [1.54, 1.807) is 52.5 Å². The summed E-state index contributed by atoms with van der Waals surface area (Å²) in [6, 6.07) is 21.2. The summed E-state index contributed by atoms with van der Waals surface area (Å²) in [7, 11) is 0. The van der Waals surface area contributed by atoms with E-state index >= 15 is 0 Å². The van der Waals surface area contributed by atoms with Crippen molar-refractivity contribution in [3.63, 3.8) is 0 Å². The second kappa shape index (κ2) is 10.9. The van der Waals surface area contributed by atoms with Gasteiger partial charge in [0.1, 0.15) is 23.9 Å². The van der Waals surface area contributed by atoms with Crippen molar-refractivity contribution >= 4 is 28.5 Å². The molecule has 9 nitrogen and oxygen atoms in total. The van der Waals surface area contributed by atoms with Crippen LogP contribution < -0.4 is 10.2 Å². The van der Waals surface area contributed by atoms with Crippen LogP contribution in [0.3, 0.4) is 0 Å². The number of aryl methyl sites for hydroxylation is 1. The lowest BCUT2D eigenvalue weighted by molar-refractivity contribution is -0.127. The van der Waals surface area contributed by atoms with Gasteiger partial charge in [-0.25, -0.2) is 4.68 Å². The molecule has 0 fully saturated rings. The molecule has 0 aliphatic rings. The van der Waals surface area contributed by atoms with Crippen molar-refractivity contribution in [2.45, 2.75) is 32.5 Å². The summed E-state index contributed by atoms with van der Waals surface area (Å²) < 4.78 is 6.94. The minimum Gasteiger partial charge on any atom is -0.467 e. The number of nitrogens with one attached hydrogen (secondary N) is 1. The van der Waals surface area contributed by atoms with E-state index in [-0.39, 0.29) is 24.9 Å². The molecule has 0 aliphatic carbocycles. The zero-order valence-electron chi connectivity index (χ0n) is 20.3. The topological polar surface area (TPSA) is 106 Å². The van der Waals surface area contributed by atoms with Gasteiger partial charge in [0.2, 0.25) is 11.8 Å². The van der Waals surface area contributed by atoms with Crippen LogP contribution in [0.25, 0.3) is 11.0 Å². The second-order valence-corrected chi connectivity index (χ2v) is 8.47. The monoisotopic (exact) mass is 494 g/mol. The molecule has 5 aromatic rings. The SMILES string of the molecule is CCc1ccccc1N(C(=O)Cn1nnc2ccccc21)C(C(=O)NCc1ccco1)c1cccnc1. The summed E-state index contributed by atoms with van der Waals surface area (Å²) in [6.07, 6.45) is 5.47. The van der Waals surface area contributed by atoms with Gasteiger partial charge in [-0.2, -0.15) is 0 Å². The summed E-state index contributed by atoms with van der Waals surface area (Å²) in [4.78, 5) is 33.6. The highest BCUT2D eigenvalue weighted by Crippen LogP contribution is 2.31. The highest BCUT2D eigenvalue weighted by molar-refractivity contribution is 6.02. The Bertz CT molecular complexity index is 1500. The van der Waals surface area contributed by atoms with Crippen molar-refractivity contribution in [3.05, 3.63) is 108 Å². The maximum Gasteiger partial charge on any atom is 0.249 e. The minimum atomic E-state index is -0.973. The first kappa shape index (κ1) is 23.9. The number of hydrogen-bond acceptors (Lipinski definition) is 6. The van der Waals surface area contributed by atoms with Crippen LogP contribution in [0.4, 0.5) is 5.69 Å². The largest absolute Gasteiger partial charge is 0.467 e. The summed E-state index contributed by atoms with van der Waals surface area (Å²) in [6.45, 7) is 2.11. The molecule has 186 valence electrons. The molecule has 0 saturated heterocycles. The number of aromatic nitrogens is 4. The van der Waals surface area contributed by atoms with Crippen LogP contribution in [0, 0.1) is 0 Å². The van der Waals surface area contributed by atoms with Crippen LogP contribution in [0.2, 0.25) is 0 Å². The zero-order chi connectivity index (χ0) is 25.6. The second-order valence-electron chi connectivity index (χ2n) is 8.47. The molecule has 0 saturated carbocycles. The van der Waals surface area contributed by atoms with Crippen LogP contribution in [0.5, 0.6) is 0 Å². The number of amides is 2. The number of anilines is 1. The van der Waals surface area contributed by atoms with Gasteiger partial charge in [-0.15, -0.1) is 5.10 Å². The third-order valence-corrected chi connectivity index (χ3v) is 6.13. The molecule has 2 aromatic carbocycles. The molecule has 0 spiro atoms. The summed E-state index contributed by atoms with van der Waals surface area (Å²) in [5, 5.41) is 11.3. The lowest BCUT2D eigenvalue weighted by Crippen LogP contribution is -2.45. The molecule has 1 atom stereocenters. The fourth-order valence-corrected chi connectivity index (χ4v) is 4.34. The van der Waals surface area contributed by atoms with Gasteiger partial charge in [-0.05, 0) is 48.4 Å². The number of fused-ring (bicyclic) bond motifs is 1. The third-order valence-electron chi connectivity index (χ3n) is 6.13. The molecule has 5 rings (SSSR count). The van der Waals surface area contributed by atoms with E-state index < -0.39 is 6.04 Å². The molecular weight excluding hydrogens is 468 g/mol. The quantitative estimate of drug-likeness (QED) is 0.331. The average molecular weight is 495 g/mol. The van der Waals surface area contributed by atoms with Crippen molar-refractivity contribution in [2.24, 2.45) is 0 Å². The highest BCUT2D eigenvalue weighted by atomic mass is 16.3. The van der Waals surface area contributed by atoms with Crippen molar-refractivity contribution in [1.29, 1.82) is 0 Å². The van der Waals surface area contributed by atoms with Crippen LogP contribution in [-0.4, -0.2) is 31.8 Å². The Morgan fingerprint density at radius 1 is 1.03 bits per heavy atom. The van der Waals surface area contributed by atoms with Crippen LogP contribution in [0.1, 0.15) is 29.9 Å². The number of pyridine rings is 1. The van der Waals surface area contributed by atoms with Crippen molar-refractivity contribution in [1.82, 2.24) is 25.3 Å². The first-order valence-corrected chi connectivity index (χ1v) is 12.0. The molecule has 3 aromatic heterocycles. The molecular formula is C28H26N6O3. The number of para-hydroxylation sites is 2. The normalized spacial score (nSPS) is 11.8. The molecule has 0 bridgehead atoms. The first-order chi connectivity index (χ1) is 18.2. The summed E-state index contributed by atoms with van der Waals surface area (Å²) >= 11 is 0. The average Bonchev–Trinajstić information content (AvgIpc) is 3.61. The Kier molecular flexibility index (Phi) is 7.02. The summed E-state index contributed by atoms with van der Waals surface area (Å²) in [5.74, 6) is -0.0510. The van der Waals surface area contributed by atoms with E-state index in [0.717, 1.165) is 11.1 Å². The Morgan fingerprint density at radius 3 is 2.65 bits per heavy atom. The van der Waals surface area contributed by atoms with Crippen molar-refractivity contribution in [3.8, 4) is 0 Å². The lowest BCUT2D eigenvalue weighted by atomic mass is 10.0. The van der Waals surface area contributed by atoms with E-state index in [2.05, 4.69) is 20.6 Å². The number of furan rings is 1. The Balaban J connectivity index is 1.57. The molecule has 1 N–H and O–H groups in total. The van der Waals surface area contributed by atoms with Gasteiger partial charge >= 0.3 is 0 Å². The van der Waals surface area contributed by atoms with Gasteiger partial charge in [-0.1, -0.05) is 48.5 Å². The minimum absolute atomic E-state index is 0.0964. The van der Waals surface area contributed by atoms with E-state index in [1.807, 2.05) is 55.5 Å². The van der Waals surface area contributed by atoms with E-state index in [9.17, 15) is 9.59 Å². The molecule has 2 amide bonds. The third kappa shape index (κ3) is 5.11. The molecule has 37 heavy (non-hydrogen) atoms. The predicted molar refractivity (Wildman–Crippen MR) is 138 cm³/mol. The Morgan fingerprint density at radius 2 is 1.86 bits per heavy atom. The maximum absolute atomic E-state index is 14.1. The van der Waals surface area contributed by atoms with Gasteiger partial charge in [0.25, 0.3) is 0 Å². The van der Waals surface area contributed by atoms with Gasteiger partial charge in [0, 0.05) is 23.6 Å². The predicted octanol–water partition coefficient (Wildman–Crippen LogP) is 4.07. The van der Waals surface area contributed by atoms with Crippen LogP contribution >= 0.6 is 0 Å². The Labute approximate surface area is 213 Å².